The molecule has 0 spiro atoms. The Morgan fingerprint density at radius 1 is 1.19 bits per heavy atom. The maximum absolute atomic E-state index is 12.6. The molecule has 2 rings (SSSR count). The first kappa shape index (κ1) is 19.4. The molecule has 1 aliphatic carbocycles. The maximum atomic E-state index is 12.6. The number of allylic oxidation sites excluding steroid dienone is 4. The second-order valence-electron chi connectivity index (χ2n) is 6.41. The molecule has 1 aromatic rings. The number of halogens is 1. The topological polar surface area (TPSA) is 73.9 Å². The van der Waals surface area contributed by atoms with Crippen molar-refractivity contribution in [2.45, 2.75) is 38.5 Å². The number of nitrogens with zero attached hydrogens (tertiary/aromatic N) is 2. The lowest BCUT2D eigenvalue weighted by atomic mass is 9.80. The first-order valence-electron chi connectivity index (χ1n) is 8.76. The molecule has 0 saturated heterocycles. The second-order valence-corrected chi connectivity index (χ2v) is 6.41. The van der Waals surface area contributed by atoms with Crippen LogP contribution < -0.4 is 4.74 Å². The van der Waals surface area contributed by atoms with Crippen LogP contribution in [0.3, 0.4) is 0 Å². The monoisotopic (exact) mass is 352 g/mol. The van der Waals surface area contributed by atoms with Crippen molar-refractivity contribution in [1.82, 2.24) is 0 Å². The molecule has 0 heterocycles. The van der Waals surface area contributed by atoms with E-state index >= 15 is 0 Å². The van der Waals surface area contributed by atoms with Crippen molar-refractivity contribution in [2.24, 2.45) is 11.8 Å². The Morgan fingerprint density at radius 3 is 2.50 bits per heavy atom. The number of rotatable bonds is 6. The number of hydrogen-bond acceptors (Lipinski definition) is 4. The lowest BCUT2D eigenvalue weighted by Gasteiger charge is -2.26. The molecule has 0 N–H and O–H groups in total. The molecule has 1 aromatic carbocycles. The van der Waals surface area contributed by atoms with Gasteiger partial charge in [-0.15, -0.1) is 0 Å². The van der Waals surface area contributed by atoms with Crippen molar-refractivity contribution in [2.75, 3.05) is 0 Å². The Hall–Kier alpha value is -2.92. The van der Waals surface area contributed by atoms with Gasteiger partial charge < -0.3 is 4.74 Å². The van der Waals surface area contributed by atoms with Gasteiger partial charge in [0.1, 0.15) is 11.8 Å². The van der Waals surface area contributed by atoms with E-state index in [1.165, 1.54) is 6.07 Å². The SMILES string of the molecule is N#CC(F)=CC=CCCC1CCC(C(=O)Oc2ccc(C#N)cc2)CC1. The average molecular weight is 352 g/mol. The van der Waals surface area contributed by atoms with E-state index in [-0.39, 0.29) is 11.9 Å². The molecule has 0 amide bonds. The van der Waals surface area contributed by atoms with E-state index in [0.717, 1.165) is 44.6 Å². The fraction of sp³-hybridized carbons (Fsp3) is 0.381. The molecular weight excluding hydrogens is 331 g/mol. The van der Waals surface area contributed by atoms with E-state index in [1.54, 1.807) is 30.3 Å². The van der Waals surface area contributed by atoms with Crippen LogP contribution in [0.5, 0.6) is 5.75 Å². The van der Waals surface area contributed by atoms with Crippen molar-refractivity contribution in [1.29, 1.82) is 10.5 Å². The Labute approximate surface area is 153 Å². The lowest BCUT2D eigenvalue weighted by molar-refractivity contribution is -0.140. The maximum Gasteiger partial charge on any atom is 0.314 e. The number of ether oxygens (including phenoxy) is 1. The van der Waals surface area contributed by atoms with E-state index in [2.05, 4.69) is 0 Å². The molecule has 5 heteroatoms. The van der Waals surface area contributed by atoms with E-state index < -0.39 is 5.83 Å². The Balaban J connectivity index is 1.71. The van der Waals surface area contributed by atoms with Crippen LogP contribution in [0.15, 0.2) is 48.3 Å². The molecule has 0 atom stereocenters. The molecule has 0 aromatic heterocycles. The first-order chi connectivity index (χ1) is 12.6. The van der Waals surface area contributed by atoms with Gasteiger partial charge in [0.2, 0.25) is 0 Å². The highest BCUT2D eigenvalue weighted by molar-refractivity contribution is 5.75. The largest absolute Gasteiger partial charge is 0.426 e. The molecule has 26 heavy (non-hydrogen) atoms. The zero-order chi connectivity index (χ0) is 18.8. The van der Waals surface area contributed by atoms with Gasteiger partial charge in [0.15, 0.2) is 5.83 Å². The molecule has 4 nitrogen and oxygen atoms in total. The molecule has 1 fully saturated rings. The summed E-state index contributed by atoms with van der Waals surface area (Å²) in [4.78, 5) is 12.3. The molecule has 134 valence electrons. The molecule has 0 aliphatic heterocycles. The van der Waals surface area contributed by atoms with Crippen LogP contribution in [-0.2, 0) is 4.79 Å². The number of carbonyl (C=O) groups excluding carboxylic acids is 1. The fourth-order valence-electron chi connectivity index (χ4n) is 3.10. The molecule has 0 unspecified atom stereocenters. The van der Waals surface area contributed by atoms with E-state index in [9.17, 15) is 9.18 Å². The summed E-state index contributed by atoms with van der Waals surface area (Å²) in [6, 6.07) is 9.99. The number of carbonyl (C=O) groups is 1. The highest BCUT2D eigenvalue weighted by atomic mass is 19.1. The van der Waals surface area contributed by atoms with Gasteiger partial charge in [0.25, 0.3) is 0 Å². The minimum atomic E-state index is -0.789. The summed E-state index contributed by atoms with van der Waals surface area (Å²) in [5.41, 5.74) is 0.533. The van der Waals surface area contributed by atoms with Crippen molar-refractivity contribution < 1.29 is 13.9 Å². The Kier molecular flexibility index (Phi) is 7.58. The van der Waals surface area contributed by atoms with Gasteiger partial charge in [0.05, 0.1) is 17.6 Å². The van der Waals surface area contributed by atoms with E-state index in [0.29, 0.717) is 17.2 Å². The van der Waals surface area contributed by atoms with Gasteiger partial charge in [-0.25, -0.2) is 0 Å². The Morgan fingerprint density at radius 2 is 1.88 bits per heavy atom. The predicted octanol–water partition coefficient (Wildman–Crippen LogP) is 4.98. The number of hydrogen-bond donors (Lipinski definition) is 0. The molecule has 0 radical (unpaired) electrons. The third kappa shape index (κ3) is 6.18. The number of benzene rings is 1. The summed E-state index contributed by atoms with van der Waals surface area (Å²) >= 11 is 0. The average Bonchev–Trinajstić information content (AvgIpc) is 2.68. The predicted molar refractivity (Wildman–Crippen MR) is 95.4 cm³/mol. The van der Waals surface area contributed by atoms with Crippen LogP contribution >= 0.6 is 0 Å². The van der Waals surface area contributed by atoms with Crippen molar-refractivity contribution in [3.63, 3.8) is 0 Å². The van der Waals surface area contributed by atoms with Crippen LogP contribution in [0.2, 0.25) is 0 Å². The summed E-state index contributed by atoms with van der Waals surface area (Å²) < 4.78 is 18.0. The normalized spacial score (nSPS) is 20.3. The van der Waals surface area contributed by atoms with Crippen molar-refractivity contribution >= 4 is 5.97 Å². The summed E-state index contributed by atoms with van der Waals surface area (Å²) in [6.45, 7) is 0. The molecular formula is C21H21FN2O2. The van der Waals surface area contributed by atoms with Crippen LogP contribution in [0.1, 0.15) is 44.1 Å². The standard InChI is InChI=1S/C21H21FN2O2/c22-19(15-24)5-3-1-2-4-16-6-10-18(11-7-16)21(25)26-20-12-8-17(14-23)9-13-20/h1,3,5,8-9,12-13,16,18H,2,4,6-7,10-11H2. The number of esters is 1. The fourth-order valence-corrected chi connectivity index (χ4v) is 3.10. The third-order valence-corrected chi connectivity index (χ3v) is 4.61. The van der Waals surface area contributed by atoms with E-state index in [4.69, 9.17) is 15.3 Å². The van der Waals surface area contributed by atoms with Crippen LogP contribution in [0.4, 0.5) is 4.39 Å². The van der Waals surface area contributed by atoms with Gasteiger partial charge in [0, 0.05) is 0 Å². The van der Waals surface area contributed by atoms with Gasteiger partial charge in [-0.1, -0.05) is 12.2 Å². The van der Waals surface area contributed by atoms with Crippen LogP contribution in [-0.4, -0.2) is 5.97 Å². The minimum Gasteiger partial charge on any atom is -0.426 e. The first-order valence-corrected chi connectivity index (χ1v) is 8.76. The lowest BCUT2D eigenvalue weighted by Crippen LogP contribution is -2.25. The highest BCUT2D eigenvalue weighted by Crippen LogP contribution is 2.32. The van der Waals surface area contributed by atoms with Crippen molar-refractivity contribution in [3.8, 4) is 17.9 Å². The molecule has 1 aliphatic rings. The summed E-state index contributed by atoms with van der Waals surface area (Å²) in [7, 11) is 0. The second kappa shape index (κ2) is 10.2. The summed E-state index contributed by atoms with van der Waals surface area (Å²) in [5.74, 6) is -0.0416. The summed E-state index contributed by atoms with van der Waals surface area (Å²) in [5, 5.41) is 17.1. The number of nitriles is 2. The van der Waals surface area contributed by atoms with Crippen LogP contribution in [0, 0.1) is 34.5 Å². The van der Waals surface area contributed by atoms with Gasteiger partial charge in [-0.05, 0) is 74.8 Å². The third-order valence-electron chi connectivity index (χ3n) is 4.61. The van der Waals surface area contributed by atoms with Gasteiger partial charge in [-0.3, -0.25) is 4.79 Å². The smallest absolute Gasteiger partial charge is 0.314 e. The molecule has 1 saturated carbocycles. The zero-order valence-electron chi connectivity index (χ0n) is 14.5. The van der Waals surface area contributed by atoms with Crippen molar-refractivity contribution in [3.05, 3.63) is 53.9 Å². The summed E-state index contributed by atoms with van der Waals surface area (Å²) in [6.07, 6.45) is 10.00. The molecule has 0 bridgehead atoms. The quantitative estimate of drug-likeness (QED) is 0.313. The Bertz CT molecular complexity index is 746. The van der Waals surface area contributed by atoms with E-state index in [1.807, 2.05) is 12.1 Å². The van der Waals surface area contributed by atoms with Gasteiger partial charge in [-0.2, -0.15) is 14.9 Å². The minimum absolute atomic E-state index is 0.0786. The van der Waals surface area contributed by atoms with Crippen LogP contribution in [0.25, 0.3) is 0 Å². The highest BCUT2D eigenvalue weighted by Gasteiger charge is 2.27. The zero-order valence-corrected chi connectivity index (χ0v) is 14.5. The van der Waals surface area contributed by atoms with Gasteiger partial charge >= 0.3 is 5.97 Å².